The largest absolute Gasteiger partial charge is 0.493 e. The first-order valence-electron chi connectivity index (χ1n) is 6.89. The Labute approximate surface area is 122 Å². The molecule has 2 aromatic rings. The molecule has 6 heteroatoms. The summed E-state index contributed by atoms with van der Waals surface area (Å²) in [5.41, 5.74) is -0.474. The van der Waals surface area contributed by atoms with Crippen LogP contribution in [0.25, 0.3) is 10.9 Å². The van der Waals surface area contributed by atoms with E-state index in [0.29, 0.717) is 5.39 Å². The standard InChI is InChI=1S/C15H19N3O3/c1-4-15(21,5-2)14(20)17-16-12-10-8-6-7-9-11(10)18(3)13(12)19/h6-9,19,21H,4-5H2,1-3H3. The summed E-state index contributed by atoms with van der Waals surface area (Å²) in [7, 11) is 1.70. The molecule has 0 fully saturated rings. The van der Waals surface area contributed by atoms with Crippen LogP contribution in [0.4, 0.5) is 5.69 Å². The Morgan fingerprint density at radius 1 is 1.29 bits per heavy atom. The minimum absolute atomic E-state index is 0.0655. The van der Waals surface area contributed by atoms with Crippen LogP contribution in [0.2, 0.25) is 0 Å². The summed E-state index contributed by atoms with van der Waals surface area (Å²) in [6.45, 7) is 3.43. The number of nitrogens with zero attached hydrogens (tertiary/aromatic N) is 3. The zero-order chi connectivity index (χ0) is 15.6. The van der Waals surface area contributed by atoms with Crippen molar-refractivity contribution in [1.82, 2.24) is 4.57 Å². The average Bonchev–Trinajstić information content (AvgIpc) is 2.76. The second kappa shape index (κ2) is 5.65. The summed E-state index contributed by atoms with van der Waals surface area (Å²) >= 11 is 0. The normalized spacial score (nSPS) is 12.4. The lowest BCUT2D eigenvalue weighted by Crippen LogP contribution is -2.35. The van der Waals surface area contributed by atoms with Gasteiger partial charge in [-0.1, -0.05) is 32.0 Å². The zero-order valence-electron chi connectivity index (χ0n) is 12.4. The third-order valence-corrected chi connectivity index (χ3v) is 3.86. The molecule has 0 spiro atoms. The van der Waals surface area contributed by atoms with Gasteiger partial charge in [-0.25, -0.2) is 0 Å². The Hall–Kier alpha value is -2.21. The van der Waals surface area contributed by atoms with Crippen molar-refractivity contribution < 1.29 is 15.0 Å². The molecule has 0 aliphatic carbocycles. The van der Waals surface area contributed by atoms with E-state index in [2.05, 4.69) is 10.2 Å². The summed E-state index contributed by atoms with van der Waals surface area (Å²) in [4.78, 5) is 12.0. The maximum atomic E-state index is 12.0. The molecule has 0 atom stereocenters. The number of rotatable bonds is 4. The van der Waals surface area contributed by atoms with E-state index in [4.69, 9.17) is 0 Å². The number of aromatic nitrogens is 1. The number of carbonyl (C=O) groups is 1. The minimum atomic E-state index is -1.50. The number of para-hydroxylation sites is 1. The van der Waals surface area contributed by atoms with Crippen molar-refractivity contribution in [1.29, 1.82) is 0 Å². The van der Waals surface area contributed by atoms with Crippen LogP contribution in [0.15, 0.2) is 34.5 Å². The molecular weight excluding hydrogens is 270 g/mol. The number of fused-ring (bicyclic) bond motifs is 1. The van der Waals surface area contributed by atoms with Crippen LogP contribution in [0, 0.1) is 0 Å². The summed E-state index contributed by atoms with van der Waals surface area (Å²) in [6.07, 6.45) is 0.533. The second-order valence-electron chi connectivity index (χ2n) is 4.99. The zero-order valence-corrected chi connectivity index (χ0v) is 12.4. The van der Waals surface area contributed by atoms with Crippen LogP contribution >= 0.6 is 0 Å². The number of aliphatic hydroxyl groups is 1. The average molecular weight is 289 g/mol. The van der Waals surface area contributed by atoms with E-state index in [1.54, 1.807) is 31.5 Å². The van der Waals surface area contributed by atoms with E-state index in [9.17, 15) is 15.0 Å². The third-order valence-electron chi connectivity index (χ3n) is 3.86. The van der Waals surface area contributed by atoms with Crippen molar-refractivity contribution in [2.24, 2.45) is 17.3 Å². The van der Waals surface area contributed by atoms with E-state index >= 15 is 0 Å². The quantitative estimate of drug-likeness (QED) is 0.848. The van der Waals surface area contributed by atoms with Crippen molar-refractivity contribution >= 4 is 22.5 Å². The van der Waals surface area contributed by atoms with Gasteiger partial charge in [0.2, 0.25) is 5.88 Å². The van der Waals surface area contributed by atoms with E-state index in [-0.39, 0.29) is 24.4 Å². The number of benzene rings is 1. The molecule has 0 bridgehead atoms. The second-order valence-corrected chi connectivity index (χ2v) is 4.99. The molecule has 1 aromatic heterocycles. The minimum Gasteiger partial charge on any atom is -0.493 e. The SMILES string of the molecule is CCC(O)(CC)C(=O)N=Nc1c(O)n(C)c2ccccc12. The number of hydrogen-bond acceptors (Lipinski definition) is 4. The van der Waals surface area contributed by atoms with Gasteiger partial charge in [-0.2, -0.15) is 0 Å². The van der Waals surface area contributed by atoms with Crippen LogP contribution in [0.1, 0.15) is 26.7 Å². The summed E-state index contributed by atoms with van der Waals surface area (Å²) in [5.74, 6) is -0.760. The number of aryl methyl sites for hydroxylation is 1. The van der Waals surface area contributed by atoms with Crippen molar-refractivity contribution in [2.45, 2.75) is 32.3 Å². The monoisotopic (exact) mass is 289 g/mol. The van der Waals surface area contributed by atoms with E-state index < -0.39 is 11.5 Å². The first-order valence-corrected chi connectivity index (χ1v) is 6.89. The fraction of sp³-hybridized carbons (Fsp3) is 0.400. The van der Waals surface area contributed by atoms with Crippen LogP contribution in [-0.4, -0.2) is 26.3 Å². The molecule has 1 aromatic carbocycles. The Morgan fingerprint density at radius 3 is 2.52 bits per heavy atom. The van der Waals surface area contributed by atoms with Gasteiger partial charge in [0.05, 0.1) is 5.52 Å². The highest BCUT2D eigenvalue weighted by atomic mass is 16.3. The highest BCUT2D eigenvalue weighted by Crippen LogP contribution is 2.37. The van der Waals surface area contributed by atoms with Crippen molar-refractivity contribution in [2.75, 3.05) is 0 Å². The molecule has 6 nitrogen and oxygen atoms in total. The maximum absolute atomic E-state index is 12.0. The van der Waals surface area contributed by atoms with E-state index in [1.165, 1.54) is 0 Å². The molecule has 0 saturated carbocycles. The van der Waals surface area contributed by atoms with Gasteiger partial charge in [-0.05, 0) is 18.9 Å². The van der Waals surface area contributed by atoms with Crippen molar-refractivity contribution in [3.05, 3.63) is 24.3 Å². The first kappa shape index (κ1) is 15.2. The summed E-state index contributed by atoms with van der Waals surface area (Å²) in [5, 5.41) is 28.3. The molecule has 0 aliphatic heterocycles. The Morgan fingerprint density at radius 2 is 1.90 bits per heavy atom. The fourth-order valence-electron chi connectivity index (χ4n) is 2.20. The number of aromatic hydroxyl groups is 1. The van der Waals surface area contributed by atoms with Crippen LogP contribution in [0.3, 0.4) is 0 Å². The van der Waals surface area contributed by atoms with Gasteiger partial charge in [0, 0.05) is 12.4 Å². The van der Waals surface area contributed by atoms with Gasteiger partial charge in [0.25, 0.3) is 5.91 Å². The van der Waals surface area contributed by atoms with Crippen LogP contribution in [0.5, 0.6) is 5.88 Å². The molecule has 21 heavy (non-hydrogen) atoms. The molecular formula is C15H19N3O3. The number of azo groups is 1. The summed E-state index contributed by atoms with van der Waals surface area (Å²) < 4.78 is 1.57. The lowest BCUT2D eigenvalue weighted by Gasteiger charge is -2.19. The van der Waals surface area contributed by atoms with Crippen molar-refractivity contribution in [3.63, 3.8) is 0 Å². The molecule has 0 aliphatic rings. The molecule has 2 N–H and O–H groups in total. The third kappa shape index (κ3) is 2.54. The molecule has 0 saturated heterocycles. The van der Waals surface area contributed by atoms with Gasteiger partial charge in [-0.15, -0.1) is 10.2 Å². The molecule has 112 valence electrons. The summed E-state index contributed by atoms with van der Waals surface area (Å²) in [6, 6.07) is 7.29. The Balaban J connectivity index is 2.43. The molecule has 0 radical (unpaired) electrons. The van der Waals surface area contributed by atoms with Gasteiger partial charge in [-0.3, -0.25) is 4.79 Å². The lowest BCUT2D eigenvalue weighted by atomic mass is 9.97. The topological polar surface area (TPSA) is 87.2 Å². The van der Waals surface area contributed by atoms with E-state index in [1.807, 2.05) is 18.2 Å². The smallest absolute Gasteiger partial charge is 0.296 e. The predicted molar refractivity (Wildman–Crippen MR) is 79.6 cm³/mol. The van der Waals surface area contributed by atoms with Crippen LogP contribution in [-0.2, 0) is 11.8 Å². The first-order chi connectivity index (χ1) is 9.94. The van der Waals surface area contributed by atoms with Crippen LogP contribution < -0.4 is 0 Å². The highest BCUT2D eigenvalue weighted by Gasteiger charge is 2.32. The van der Waals surface area contributed by atoms with Gasteiger partial charge >= 0.3 is 0 Å². The highest BCUT2D eigenvalue weighted by molar-refractivity contribution is 5.95. The Bertz CT molecular complexity index is 699. The maximum Gasteiger partial charge on any atom is 0.296 e. The van der Waals surface area contributed by atoms with Gasteiger partial charge in [0.1, 0.15) is 5.60 Å². The Kier molecular flexibility index (Phi) is 4.09. The lowest BCUT2D eigenvalue weighted by molar-refractivity contribution is -0.137. The molecule has 1 heterocycles. The number of hydrogen-bond donors (Lipinski definition) is 2. The number of amides is 1. The molecule has 0 unspecified atom stereocenters. The molecule has 2 rings (SSSR count). The van der Waals surface area contributed by atoms with Gasteiger partial charge in [0.15, 0.2) is 5.69 Å². The molecule has 1 amide bonds. The van der Waals surface area contributed by atoms with Crippen molar-refractivity contribution in [3.8, 4) is 5.88 Å². The van der Waals surface area contributed by atoms with Gasteiger partial charge < -0.3 is 14.8 Å². The van der Waals surface area contributed by atoms with E-state index in [0.717, 1.165) is 5.52 Å². The predicted octanol–water partition coefficient (Wildman–Crippen LogP) is 3.05. The number of carbonyl (C=O) groups excluding carboxylic acids is 1. The fourth-order valence-corrected chi connectivity index (χ4v) is 2.20.